The lowest BCUT2D eigenvalue weighted by Gasteiger charge is -2.15. The van der Waals surface area contributed by atoms with Crippen molar-refractivity contribution in [3.63, 3.8) is 0 Å². The molecule has 0 aliphatic carbocycles. The second-order valence-electron chi connectivity index (χ2n) is 5.13. The number of ether oxygens (including phenoxy) is 1. The lowest BCUT2D eigenvalue weighted by molar-refractivity contribution is -0.145. The summed E-state index contributed by atoms with van der Waals surface area (Å²) in [5.41, 5.74) is -0.429. The van der Waals surface area contributed by atoms with E-state index in [9.17, 15) is 14.7 Å². The third kappa shape index (κ3) is 3.13. The molecule has 2 aromatic rings. The standard InChI is InChI=1S/C17H20O5/c1-3-5-10-21-16(19)11(4-2)14-15(18)12-8-6-7-9-13(12)22-17(14)20/h6-9,11,18H,3-5,10H2,1-2H3. The zero-order valence-corrected chi connectivity index (χ0v) is 12.8. The number of benzene rings is 1. The third-order valence-corrected chi connectivity index (χ3v) is 3.60. The second-order valence-corrected chi connectivity index (χ2v) is 5.13. The van der Waals surface area contributed by atoms with Gasteiger partial charge in [0, 0.05) is 0 Å². The normalized spacial score (nSPS) is 12.3. The first-order valence-electron chi connectivity index (χ1n) is 7.51. The molecule has 1 aromatic heterocycles. The molecule has 1 atom stereocenters. The van der Waals surface area contributed by atoms with E-state index in [4.69, 9.17) is 9.15 Å². The van der Waals surface area contributed by atoms with Crippen LogP contribution in [0.5, 0.6) is 5.75 Å². The van der Waals surface area contributed by atoms with Gasteiger partial charge in [-0.25, -0.2) is 4.79 Å². The number of unbranched alkanes of at least 4 members (excludes halogenated alkanes) is 1. The minimum absolute atomic E-state index is 0.0253. The van der Waals surface area contributed by atoms with Gasteiger partial charge in [-0.05, 0) is 25.0 Å². The monoisotopic (exact) mass is 304 g/mol. The lowest BCUT2D eigenvalue weighted by Crippen LogP contribution is -2.22. The predicted molar refractivity (Wildman–Crippen MR) is 83.0 cm³/mol. The molecule has 0 aliphatic heterocycles. The second kappa shape index (κ2) is 7.11. The lowest BCUT2D eigenvalue weighted by atomic mass is 9.96. The fourth-order valence-electron chi connectivity index (χ4n) is 2.36. The van der Waals surface area contributed by atoms with Gasteiger partial charge in [0.2, 0.25) is 0 Å². The number of fused-ring (bicyclic) bond motifs is 1. The van der Waals surface area contributed by atoms with Gasteiger partial charge in [0.15, 0.2) is 0 Å². The average Bonchev–Trinajstić information content (AvgIpc) is 2.51. The summed E-state index contributed by atoms with van der Waals surface area (Å²) in [6.45, 7) is 4.07. The molecule has 0 aliphatic rings. The van der Waals surface area contributed by atoms with Gasteiger partial charge >= 0.3 is 11.6 Å². The highest BCUT2D eigenvalue weighted by molar-refractivity contribution is 5.87. The van der Waals surface area contributed by atoms with E-state index in [0.29, 0.717) is 24.0 Å². The molecule has 2 rings (SSSR count). The number of carbonyl (C=O) groups is 1. The van der Waals surface area contributed by atoms with Crippen molar-refractivity contribution in [2.45, 2.75) is 39.0 Å². The summed E-state index contributed by atoms with van der Waals surface area (Å²) in [5, 5.41) is 10.8. The van der Waals surface area contributed by atoms with E-state index in [1.807, 2.05) is 6.92 Å². The number of para-hydroxylation sites is 1. The fraction of sp³-hybridized carbons (Fsp3) is 0.412. The summed E-state index contributed by atoms with van der Waals surface area (Å²) >= 11 is 0. The van der Waals surface area contributed by atoms with E-state index < -0.39 is 17.5 Å². The van der Waals surface area contributed by atoms with Gasteiger partial charge in [0.25, 0.3) is 0 Å². The van der Waals surface area contributed by atoms with Crippen LogP contribution in [-0.2, 0) is 9.53 Å². The summed E-state index contributed by atoms with van der Waals surface area (Å²) < 4.78 is 10.4. The fourth-order valence-corrected chi connectivity index (χ4v) is 2.36. The van der Waals surface area contributed by atoms with Crippen molar-refractivity contribution in [2.75, 3.05) is 6.61 Å². The van der Waals surface area contributed by atoms with Gasteiger partial charge in [-0.2, -0.15) is 0 Å². The largest absolute Gasteiger partial charge is 0.507 e. The van der Waals surface area contributed by atoms with Crippen LogP contribution in [0.4, 0.5) is 0 Å². The first-order valence-corrected chi connectivity index (χ1v) is 7.51. The van der Waals surface area contributed by atoms with Gasteiger partial charge in [-0.3, -0.25) is 4.79 Å². The van der Waals surface area contributed by atoms with E-state index in [1.54, 1.807) is 31.2 Å². The highest BCUT2D eigenvalue weighted by Crippen LogP contribution is 2.32. The van der Waals surface area contributed by atoms with Crippen molar-refractivity contribution in [2.24, 2.45) is 0 Å². The Morgan fingerprint density at radius 2 is 2.05 bits per heavy atom. The van der Waals surface area contributed by atoms with Crippen LogP contribution in [0.1, 0.15) is 44.6 Å². The molecule has 0 saturated carbocycles. The maximum Gasteiger partial charge on any atom is 0.344 e. The first-order chi connectivity index (χ1) is 10.6. The van der Waals surface area contributed by atoms with Crippen molar-refractivity contribution >= 4 is 16.9 Å². The molecule has 0 saturated heterocycles. The Bertz CT molecular complexity index is 717. The predicted octanol–water partition coefficient (Wildman–Crippen LogP) is 3.34. The minimum Gasteiger partial charge on any atom is -0.507 e. The van der Waals surface area contributed by atoms with Crippen molar-refractivity contribution in [1.29, 1.82) is 0 Å². The van der Waals surface area contributed by atoms with Crippen LogP contribution in [0, 0.1) is 0 Å². The minimum atomic E-state index is -0.822. The molecule has 0 amide bonds. The molecule has 5 nitrogen and oxygen atoms in total. The van der Waals surface area contributed by atoms with Gasteiger partial charge in [-0.1, -0.05) is 32.4 Å². The molecule has 1 aromatic carbocycles. The van der Waals surface area contributed by atoms with Crippen LogP contribution in [0.2, 0.25) is 0 Å². The molecule has 1 heterocycles. The van der Waals surface area contributed by atoms with Crippen molar-refractivity contribution < 1.29 is 19.1 Å². The van der Waals surface area contributed by atoms with E-state index >= 15 is 0 Å². The Balaban J connectivity index is 2.43. The molecule has 22 heavy (non-hydrogen) atoms. The van der Waals surface area contributed by atoms with Gasteiger partial charge in [-0.15, -0.1) is 0 Å². The molecule has 0 fully saturated rings. The summed E-state index contributed by atoms with van der Waals surface area (Å²) in [5.74, 6) is -1.53. The van der Waals surface area contributed by atoms with E-state index in [0.717, 1.165) is 12.8 Å². The Morgan fingerprint density at radius 3 is 2.73 bits per heavy atom. The van der Waals surface area contributed by atoms with E-state index in [1.165, 1.54) is 0 Å². The van der Waals surface area contributed by atoms with Gasteiger partial charge in [0.1, 0.15) is 11.3 Å². The van der Waals surface area contributed by atoms with Crippen LogP contribution in [-0.4, -0.2) is 17.7 Å². The highest BCUT2D eigenvalue weighted by atomic mass is 16.5. The zero-order valence-electron chi connectivity index (χ0n) is 12.8. The van der Waals surface area contributed by atoms with E-state index in [2.05, 4.69) is 0 Å². The Kier molecular flexibility index (Phi) is 5.20. The van der Waals surface area contributed by atoms with Crippen LogP contribution >= 0.6 is 0 Å². The zero-order chi connectivity index (χ0) is 16.1. The molecule has 118 valence electrons. The highest BCUT2D eigenvalue weighted by Gasteiger charge is 2.28. The first kappa shape index (κ1) is 16.1. The summed E-state index contributed by atoms with van der Waals surface area (Å²) in [4.78, 5) is 24.3. The SMILES string of the molecule is CCCCOC(=O)C(CC)c1c(O)c2ccccc2oc1=O. The number of esters is 1. The molecule has 5 heteroatoms. The number of aromatic hydroxyl groups is 1. The average molecular weight is 304 g/mol. The topological polar surface area (TPSA) is 76.7 Å². The van der Waals surface area contributed by atoms with Gasteiger partial charge < -0.3 is 14.3 Å². The number of hydrogen-bond donors (Lipinski definition) is 1. The van der Waals surface area contributed by atoms with Gasteiger partial charge in [0.05, 0.1) is 23.5 Å². The summed E-state index contributed by atoms with van der Waals surface area (Å²) in [6.07, 6.45) is 2.02. The van der Waals surface area contributed by atoms with Crippen molar-refractivity contribution in [1.82, 2.24) is 0 Å². The molecule has 0 spiro atoms. The Hall–Kier alpha value is -2.30. The van der Waals surface area contributed by atoms with Crippen molar-refractivity contribution in [3.8, 4) is 5.75 Å². The number of rotatable bonds is 6. The molecule has 1 unspecified atom stereocenters. The Morgan fingerprint density at radius 1 is 1.32 bits per heavy atom. The summed E-state index contributed by atoms with van der Waals surface area (Å²) in [7, 11) is 0. The van der Waals surface area contributed by atoms with Crippen LogP contribution in [0.15, 0.2) is 33.5 Å². The van der Waals surface area contributed by atoms with Crippen molar-refractivity contribution in [3.05, 3.63) is 40.2 Å². The quantitative estimate of drug-likeness (QED) is 0.503. The number of carbonyl (C=O) groups excluding carboxylic acids is 1. The van der Waals surface area contributed by atoms with Crippen LogP contribution < -0.4 is 5.63 Å². The van der Waals surface area contributed by atoms with E-state index in [-0.39, 0.29) is 11.3 Å². The molecule has 1 N–H and O–H groups in total. The molecular weight excluding hydrogens is 284 g/mol. The van der Waals surface area contributed by atoms with Crippen LogP contribution in [0.3, 0.4) is 0 Å². The molecule has 0 radical (unpaired) electrons. The smallest absolute Gasteiger partial charge is 0.344 e. The third-order valence-electron chi connectivity index (χ3n) is 3.60. The summed E-state index contributed by atoms with van der Waals surface area (Å²) in [6, 6.07) is 6.68. The maximum absolute atomic E-state index is 12.2. The Labute approximate surface area is 128 Å². The number of hydrogen-bond acceptors (Lipinski definition) is 5. The molecular formula is C17H20O5. The maximum atomic E-state index is 12.2. The molecule has 0 bridgehead atoms. The van der Waals surface area contributed by atoms with Crippen LogP contribution in [0.25, 0.3) is 11.0 Å².